The van der Waals surface area contributed by atoms with Crippen molar-refractivity contribution in [2.24, 2.45) is 0 Å². The zero-order valence-corrected chi connectivity index (χ0v) is 11.9. The van der Waals surface area contributed by atoms with Crippen molar-refractivity contribution in [3.05, 3.63) is 23.7 Å². The van der Waals surface area contributed by atoms with E-state index in [4.69, 9.17) is 9.15 Å². The molecule has 1 aromatic heterocycles. The van der Waals surface area contributed by atoms with E-state index >= 15 is 0 Å². The standard InChI is InChI=1S/C15H24N2O2/c1-11-15(7-8-18-11)17(2)10-14-6-5-13(19-14)9-16-12-3-4-12/h5-6,11-12,15-16H,3-4,7-10H2,1-2H3. The highest BCUT2D eigenvalue weighted by molar-refractivity contribution is 5.07. The van der Waals surface area contributed by atoms with Crippen molar-refractivity contribution in [1.82, 2.24) is 10.2 Å². The van der Waals surface area contributed by atoms with Gasteiger partial charge in [0.1, 0.15) is 11.5 Å². The predicted octanol–water partition coefficient (Wildman–Crippen LogP) is 2.14. The molecule has 0 amide bonds. The highest BCUT2D eigenvalue weighted by atomic mass is 16.5. The molecule has 4 nitrogen and oxygen atoms in total. The highest BCUT2D eigenvalue weighted by Gasteiger charge is 2.28. The lowest BCUT2D eigenvalue weighted by molar-refractivity contribution is 0.0790. The third-order valence-electron chi connectivity index (χ3n) is 4.17. The molecule has 0 aromatic carbocycles. The Morgan fingerprint density at radius 3 is 2.74 bits per heavy atom. The van der Waals surface area contributed by atoms with Crippen LogP contribution in [0.2, 0.25) is 0 Å². The Bertz CT molecular complexity index is 414. The van der Waals surface area contributed by atoms with Gasteiger partial charge in [-0.25, -0.2) is 0 Å². The van der Waals surface area contributed by atoms with E-state index in [1.165, 1.54) is 12.8 Å². The summed E-state index contributed by atoms with van der Waals surface area (Å²) < 4.78 is 11.5. The van der Waals surface area contributed by atoms with Crippen molar-refractivity contribution in [2.75, 3.05) is 13.7 Å². The second kappa shape index (κ2) is 5.65. The van der Waals surface area contributed by atoms with Gasteiger partial charge in [0.2, 0.25) is 0 Å². The fourth-order valence-electron chi connectivity index (χ4n) is 2.80. The van der Waals surface area contributed by atoms with Crippen LogP contribution in [-0.4, -0.2) is 36.7 Å². The summed E-state index contributed by atoms with van der Waals surface area (Å²) in [5.41, 5.74) is 0. The summed E-state index contributed by atoms with van der Waals surface area (Å²) in [7, 11) is 2.15. The molecule has 3 rings (SSSR count). The normalized spacial score (nSPS) is 27.3. The van der Waals surface area contributed by atoms with E-state index in [2.05, 4.69) is 36.3 Å². The molecule has 2 aliphatic rings. The van der Waals surface area contributed by atoms with Crippen molar-refractivity contribution in [1.29, 1.82) is 0 Å². The number of rotatable bonds is 6. The van der Waals surface area contributed by atoms with Gasteiger partial charge in [-0.2, -0.15) is 0 Å². The van der Waals surface area contributed by atoms with Crippen molar-refractivity contribution < 1.29 is 9.15 Å². The molecule has 0 radical (unpaired) electrons. The zero-order valence-electron chi connectivity index (χ0n) is 11.9. The Balaban J connectivity index is 1.50. The molecular formula is C15H24N2O2. The lowest BCUT2D eigenvalue weighted by Crippen LogP contribution is -2.36. The van der Waals surface area contributed by atoms with Gasteiger partial charge in [-0.1, -0.05) is 0 Å². The first kappa shape index (κ1) is 13.2. The summed E-state index contributed by atoms with van der Waals surface area (Å²) in [5, 5.41) is 3.47. The van der Waals surface area contributed by atoms with E-state index in [9.17, 15) is 0 Å². The molecule has 0 spiro atoms. The smallest absolute Gasteiger partial charge is 0.118 e. The monoisotopic (exact) mass is 264 g/mol. The average molecular weight is 264 g/mol. The number of likely N-dealkylation sites (N-methyl/N-ethyl adjacent to an activating group) is 1. The average Bonchev–Trinajstić information content (AvgIpc) is 2.95. The quantitative estimate of drug-likeness (QED) is 0.854. The molecule has 1 saturated carbocycles. The molecule has 106 valence electrons. The maximum atomic E-state index is 5.88. The molecule has 1 aliphatic heterocycles. The van der Waals surface area contributed by atoms with E-state index in [1.54, 1.807) is 0 Å². The second-order valence-electron chi connectivity index (χ2n) is 5.87. The fraction of sp³-hybridized carbons (Fsp3) is 0.733. The van der Waals surface area contributed by atoms with Crippen molar-refractivity contribution in [3.8, 4) is 0 Å². The number of ether oxygens (including phenoxy) is 1. The third-order valence-corrected chi connectivity index (χ3v) is 4.17. The minimum absolute atomic E-state index is 0.330. The molecule has 1 aliphatic carbocycles. The molecule has 1 saturated heterocycles. The summed E-state index contributed by atoms with van der Waals surface area (Å²) in [6, 6.07) is 5.43. The van der Waals surface area contributed by atoms with Gasteiger partial charge in [0.15, 0.2) is 0 Å². The number of furan rings is 1. The largest absolute Gasteiger partial charge is 0.463 e. The van der Waals surface area contributed by atoms with Gasteiger partial charge >= 0.3 is 0 Å². The van der Waals surface area contributed by atoms with Crippen LogP contribution in [0, 0.1) is 0 Å². The SMILES string of the molecule is CC1OCCC1N(C)Cc1ccc(CNC2CC2)o1. The van der Waals surface area contributed by atoms with Crippen LogP contribution in [0.25, 0.3) is 0 Å². The van der Waals surface area contributed by atoms with Crippen LogP contribution in [0.4, 0.5) is 0 Å². The number of nitrogens with one attached hydrogen (secondary N) is 1. The third kappa shape index (κ3) is 3.38. The first-order chi connectivity index (χ1) is 9.22. The maximum Gasteiger partial charge on any atom is 0.118 e. The molecule has 19 heavy (non-hydrogen) atoms. The van der Waals surface area contributed by atoms with E-state index in [-0.39, 0.29) is 0 Å². The lowest BCUT2D eigenvalue weighted by Gasteiger charge is -2.25. The maximum absolute atomic E-state index is 5.88. The minimum Gasteiger partial charge on any atom is -0.463 e. The van der Waals surface area contributed by atoms with Crippen LogP contribution in [0.5, 0.6) is 0 Å². The number of nitrogens with zero attached hydrogens (tertiary/aromatic N) is 1. The Kier molecular flexibility index (Phi) is 3.91. The summed E-state index contributed by atoms with van der Waals surface area (Å²) in [6.07, 6.45) is 4.08. The van der Waals surface area contributed by atoms with E-state index in [0.717, 1.165) is 43.7 Å². The summed E-state index contributed by atoms with van der Waals surface area (Å²) >= 11 is 0. The molecule has 0 bridgehead atoms. The summed E-state index contributed by atoms with van der Waals surface area (Å²) in [6.45, 7) is 4.76. The van der Waals surface area contributed by atoms with Crippen molar-refractivity contribution in [3.63, 3.8) is 0 Å². The Morgan fingerprint density at radius 2 is 2.05 bits per heavy atom. The highest BCUT2D eigenvalue weighted by Crippen LogP contribution is 2.22. The van der Waals surface area contributed by atoms with Gasteiger partial charge in [0.25, 0.3) is 0 Å². The second-order valence-corrected chi connectivity index (χ2v) is 5.87. The summed E-state index contributed by atoms with van der Waals surface area (Å²) in [5.74, 6) is 2.10. The van der Waals surface area contributed by atoms with Crippen LogP contribution >= 0.6 is 0 Å². The molecule has 4 heteroatoms. The Labute approximate surface area is 115 Å². The fourth-order valence-corrected chi connectivity index (χ4v) is 2.80. The minimum atomic E-state index is 0.330. The van der Waals surface area contributed by atoms with Gasteiger partial charge in [-0.3, -0.25) is 4.90 Å². The van der Waals surface area contributed by atoms with Gasteiger partial charge in [0, 0.05) is 18.7 Å². The molecule has 2 fully saturated rings. The van der Waals surface area contributed by atoms with Gasteiger partial charge < -0.3 is 14.5 Å². The predicted molar refractivity (Wildman–Crippen MR) is 73.9 cm³/mol. The van der Waals surface area contributed by atoms with Gasteiger partial charge in [0.05, 0.1) is 19.2 Å². The van der Waals surface area contributed by atoms with Gasteiger partial charge in [-0.15, -0.1) is 0 Å². The molecular weight excluding hydrogens is 240 g/mol. The van der Waals surface area contributed by atoms with Crippen molar-refractivity contribution >= 4 is 0 Å². The number of hydrogen-bond donors (Lipinski definition) is 1. The summed E-state index contributed by atoms with van der Waals surface area (Å²) in [4.78, 5) is 2.34. The first-order valence-electron chi connectivity index (χ1n) is 7.35. The van der Waals surface area contributed by atoms with E-state index in [1.807, 2.05) is 0 Å². The van der Waals surface area contributed by atoms with Crippen LogP contribution in [0.1, 0.15) is 37.7 Å². The number of hydrogen-bond acceptors (Lipinski definition) is 4. The van der Waals surface area contributed by atoms with Crippen molar-refractivity contribution in [2.45, 2.75) is 57.5 Å². The van der Waals surface area contributed by atoms with Gasteiger partial charge in [-0.05, 0) is 45.4 Å². The zero-order chi connectivity index (χ0) is 13.2. The van der Waals surface area contributed by atoms with Crippen LogP contribution in [-0.2, 0) is 17.8 Å². The Morgan fingerprint density at radius 1 is 1.26 bits per heavy atom. The molecule has 2 atom stereocenters. The molecule has 1 aromatic rings. The van der Waals surface area contributed by atoms with Crippen LogP contribution in [0.3, 0.4) is 0 Å². The first-order valence-corrected chi connectivity index (χ1v) is 7.35. The van der Waals surface area contributed by atoms with Crippen LogP contribution < -0.4 is 5.32 Å². The molecule has 2 heterocycles. The Hall–Kier alpha value is -0.840. The van der Waals surface area contributed by atoms with E-state index in [0.29, 0.717) is 12.1 Å². The van der Waals surface area contributed by atoms with E-state index < -0.39 is 0 Å². The molecule has 1 N–H and O–H groups in total. The topological polar surface area (TPSA) is 37.6 Å². The molecule has 2 unspecified atom stereocenters. The van der Waals surface area contributed by atoms with Crippen LogP contribution in [0.15, 0.2) is 16.5 Å². The lowest BCUT2D eigenvalue weighted by atomic mass is 10.1.